The van der Waals surface area contributed by atoms with Crippen LogP contribution in [0.1, 0.15) is 11.7 Å². The van der Waals surface area contributed by atoms with E-state index in [9.17, 15) is 9.50 Å². The fourth-order valence-electron chi connectivity index (χ4n) is 1.73. The second-order valence-electron chi connectivity index (χ2n) is 3.74. The monoisotopic (exact) mass is 245 g/mol. The highest BCUT2D eigenvalue weighted by atomic mass is 35.5. The fraction of sp³-hybridized carbons (Fsp3) is 0.455. The molecule has 1 aliphatic heterocycles. The predicted molar refractivity (Wildman–Crippen MR) is 59.0 cm³/mol. The van der Waals surface area contributed by atoms with Crippen LogP contribution in [0.25, 0.3) is 0 Å². The van der Waals surface area contributed by atoms with Crippen molar-refractivity contribution in [1.82, 2.24) is 5.32 Å². The fourth-order valence-corrected chi connectivity index (χ4v) is 1.85. The summed E-state index contributed by atoms with van der Waals surface area (Å²) in [4.78, 5) is 0. The third kappa shape index (κ3) is 2.52. The molecular weight excluding hydrogens is 233 g/mol. The van der Waals surface area contributed by atoms with Crippen molar-refractivity contribution in [1.29, 1.82) is 0 Å². The number of benzene rings is 1. The maximum Gasteiger partial charge on any atom is 0.142 e. The maximum absolute atomic E-state index is 13.3. The first kappa shape index (κ1) is 11.8. The van der Waals surface area contributed by atoms with Crippen molar-refractivity contribution in [3.63, 3.8) is 0 Å². The van der Waals surface area contributed by atoms with Crippen LogP contribution in [0.3, 0.4) is 0 Å². The largest absolute Gasteiger partial charge is 0.389 e. The number of halogens is 2. The Morgan fingerprint density at radius 2 is 2.31 bits per heavy atom. The molecule has 2 unspecified atom stereocenters. The quantitative estimate of drug-likeness (QED) is 0.788. The van der Waals surface area contributed by atoms with Crippen LogP contribution >= 0.6 is 11.6 Å². The van der Waals surface area contributed by atoms with Gasteiger partial charge in [0.1, 0.15) is 11.9 Å². The summed E-state index contributed by atoms with van der Waals surface area (Å²) in [5.41, 5.74) is 0.609. The first-order chi connectivity index (χ1) is 7.68. The van der Waals surface area contributed by atoms with E-state index in [2.05, 4.69) is 5.32 Å². The number of aliphatic hydroxyl groups excluding tert-OH is 1. The van der Waals surface area contributed by atoms with Crippen molar-refractivity contribution in [2.45, 2.75) is 12.2 Å². The molecule has 1 aromatic rings. The topological polar surface area (TPSA) is 41.5 Å². The van der Waals surface area contributed by atoms with E-state index in [1.165, 1.54) is 12.1 Å². The molecule has 0 aliphatic carbocycles. The minimum Gasteiger partial charge on any atom is -0.389 e. The molecule has 0 saturated carbocycles. The Labute approximate surface area is 98.2 Å². The number of rotatable bonds is 1. The van der Waals surface area contributed by atoms with Gasteiger partial charge in [0.2, 0.25) is 0 Å². The van der Waals surface area contributed by atoms with Crippen molar-refractivity contribution >= 4 is 11.6 Å². The van der Waals surface area contributed by atoms with Crippen LogP contribution in [-0.2, 0) is 4.74 Å². The van der Waals surface area contributed by atoms with Gasteiger partial charge in [0, 0.05) is 13.1 Å². The summed E-state index contributed by atoms with van der Waals surface area (Å²) >= 11 is 5.60. The van der Waals surface area contributed by atoms with Crippen LogP contribution in [0.4, 0.5) is 4.39 Å². The maximum atomic E-state index is 13.3. The summed E-state index contributed by atoms with van der Waals surface area (Å²) in [7, 11) is 0. The van der Waals surface area contributed by atoms with Gasteiger partial charge in [0.25, 0.3) is 0 Å². The lowest BCUT2D eigenvalue weighted by atomic mass is 10.0. The molecule has 1 aromatic carbocycles. The SMILES string of the molecule is OC1CNCCOC1c1ccc(Cl)c(F)c1. The molecule has 0 amide bonds. The Balaban J connectivity index is 2.23. The average molecular weight is 246 g/mol. The number of aliphatic hydroxyl groups is 1. The Kier molecular flexibility index (Phi) is 3.76. The molecule has 1 heterocycles. The molecule has 1 saturated heterocycles. The highest BCUT2D eigenvalue weighted by Crippen LogP contribution is 2.25. The van der Waals surface area contributed by atoms with Crippen LogP contribution in [0.5, 0.6) is 0 Å². The van der Waals surface area contributed by atoms with Gasteiger partial charge < -0.3 is 15.2 Å². The summed E-state index contributed by atoms with van der Waals surface area (Å²) in [6.07, 6.45) is -1.18. The molecule has 1 aliphatic rings. The summed E-state index contributed by atoms with van der Waals surface area (Å²) in [5.74, 6) is -0.493. The molecule has 0 bridgehead atoms. The molecule has 0 spiro atoms. The lowest BCUT2D eigenvalue weighted by Crippen LogP contribution is -2.28. The molecule has 5 heteroatoms. The Morgan fingerprint density at radius 1 is 1.50 bits per heavy atom. The van der Waals surface area contributed by atoms with Crippen LogP contribution in [0.15, 0.2) is 18.2 Å². The molecule has 3 nitrogen and oxygen atoms in total. The summed E-state index contributed by atoms with van der Waals surface area (Å²) in [5, 5.41) is 12.9. The van der Waals surface area contributed by atoms with E-state index in [0.717, 1.165) is 0 Å². The summed E-state index contributed by atoms with van der Waals surface area (Å²) < 4.78 is 18.8. The van der Waals surface area contributed by atoms with Gasteiger partial charge in [-0.3, -0.25) is 0 Å². The third-order valence-electron chi connectivity index (χ3n) is 2.55. The number of ether oxygens (including phenoxy) is 1. The standard InChI is InChI=1S/C11H13ClFNO2/c12-8-2-1-7(5-9(8)13)11-10(15)6-14-3-4-16-11/h1-2,5,10-11,14-15H,3-4,6H2. The van der Waals surface area contributed by atoms with Crippen molar-refractivity contribution in [2.75, 3.05) is 19.7 Å². The Morgan fingerprint density at radius 3 is 3.06 bits per heavy atom. The molecule has 0 radical (unpaired) electrons. The van der Waals surface area contributed by atoms with Gasteiger partial charge in [0.05, 0.1) is 17.7 Å². The number of hydrogen-bond donors (Lipinski definition) is 2. The zero-order valence-corrected chi connectivity index (χ0v) is 9.38. The van der Waals surface area contributed by atoms with Crippen LogP contribution in [0, 0.1) is 5.82 Å². The van der Waals surface area contributed by atoms with E-state index < -0.39 is 18.0 Å². The van der Waals surface area contributed by atoms with E-state index in [-0.39, 0.29) is 5.02 Å². The van der Waals surface area contributed by atoms with E-state index in [0.29, 0.717) is 25.3 Å². The van der Waals surface area contributed by atoms with Gasteiger partial charge in [-0.2, -0.15) is 0 Å². The van der Waals surface area contributed by atoms with Crippen molar-refractivity contribution in [2.24, 2.45) is 0 Å². The van der Waals surface area contributed by atoms with Gasteiger partial charge >= 0.3 is 0 Å². The number of β-amino-alcohol motifs (C(OH)–C–C–N with tert-alkyl or cyclic N) is 1. The lowest BCUT2D eigenvalue weighted by molar-refractivity contribution is -0.0200. The molecule has 88 valence electrons. The second kappa shape index (κ2) is 5.10. The van der Waals surface area contributed by atoms with E-state index in [1.54, 1.807) is 6.07 Å². The zero-order valence-electron chi connectivity index (χ0n) is 8.62. The predicted octanol–water partition coefficient (Wildman–Crippen LogP) is 1.50. The van der Waals surface area contributed by atoms with Gasteiger partial charge in [0.15, 0.2) is 0 Å². The van der Waals surface area contributed by atoms with E-state index >= 15 is 0 Å². The van der Waals surface area contributed by atoms with Crippen molar-refractivity contribution < 1.29 is 14.2 Å². The Bertz CT molecular complexity index is 375. The van der Waals surface area contributed by atoms with E-state index in [4.69, 9.17) is 16.3 Å². The molecule has 0 aromatic heterocycles. The highest BCUT2D eigenvalue weighted by Gasteiger charge is 2.24. The molecule has 16 heavy (non-hydrogen) atoms. The van der Waals surface area contributed by atoms with Gasteiger partial charge in [-0.15, -0.1) is 0 Å². The van der Waals surface area contributed by atoms with Crippen LogP contribution in [-0.4, -0.2) is 30.9 Å². The lowest BCUT2D eigenvalue weighted by Gasteiger charge is -2.20. The summed E-state index contributed by atoms with van der Waals surface area (Å²) in [6, 6.07) is 4.45. The third-order valence-corrected chi connectivity index (χ3v) is 2.86. The molecular formula is C11H13ClFNO2. The van der Waals surface area contributed by atoms with Crippen molar-refractivity contribution in [3.8, 4) is 0 Å². The average Bonchev–Trinajstić information content (AvgIpc) is 2.47. The minimum absolute atomic E-state index is 0.0741. The highest BCUT2D eigenvalue weighted by molar-refractivity contribution is 6.30. The normalized spacial score (nSPS) is 26.4. The molecule has 2 N–H and O–H groups in total. The zero-order chi connectivity index (χ0) is 11.5. The first-order valence-electron chi connectivity index (χ1n) is 5.14. The van der Waals surface area contributed by atoms with Gasteiger partial charge in [-0.05, 0) is 17.7 Å². The number of nitrogens with one attached hydrogen (secondary N) is 1. The smallest absolute Gasteiger partial charge is 0.142 e. The van der Waals surface area contributed by atoms with Crippen LogP contribution < -0.4 is 5.32 Å². The van der Waals surface area contributed by atoms with Gasteiger partial charge in [-0.25, -0.2) is 4.39 Å². The number of hydrogen-bond acceptors (Lipinski definition) is 3. The summed E-state index contributed by atoms with van der Waals surface area (Å²) in [6.45, 7) is 1.62. The Hall–Kier alpha value is -0.680. The van der Waals surface area contributed by atoms with E-state index in [1.807, 2.05) is 0 Å². The molecule has 2 atom stereocenters. The second-order valence-corrected chi connectivity index (χ2v) is 4.14. The van der Waals surface area contributed by atoms with Crippen LogP contribution in [0.2, 0.25) is 5.02 Å². The minimum atomic E-state index is -0.678. The van der Waals surface area contributed by atoms with Crippen molar-refractivity contribution in [3.05, 3.63) is 34.6 Å². The molecule has 2 rings (SSSR count). The molecule has 1 fully saturated rings. The first-order valence-corrected chi connectivity index (χ1v) is 5.51. The van der Waals surface area contributed by atoms with Gasteiger partial charge in [-0.1, -0.05) is 17.7 Å².